The van der Waals surface area contributed by atoms with E-state index >= 15 is 0 Å². The molecular weight excluding hydrogens is 262 g/mol. The fraction of sp³-hybridized carbons (Fsp3) is 0.900. The molecule has 4 heteroatoms. The van der Waals surface area contributed by atoms with Crippen LogP contribution < -0.4 is 0 Å². The largest absolute Gasteiger partial charge is 0.341 e. The number of nitrogens with zero attached hydrogens (tertiary/aromatic N) is 1. The molecule has 0 rings (SSSR count). The molecule has 0 aromatic carbocycles. The van der Waals surface area contributed by atoms with Gasteiger partial charge in [-0.25, -0.2) is 0 Å². The lowest BCUT2D eigenvalue weighted by atomic mass is 10.1. The number of hydrogen-bond acceptors (Lipinski definition) is 2. The molecule has 0 saturated carbocycles. The summed E-state index contributed by atoms with van der Waals surface area (Å²) in [7, 11) is 1.87. The molecule has 0 aromatic rings. The minimum absolute atomic E-state index is 0.0585. The number of alkyl halides is 1. The van der Waals surface area contributed by atoms with Crippen LogP contribution in [0.25, 0.3) is 0 Å². The van der Waals surface area contributed by atoms with E-state index in [2.05, 4.69) is 29.1 Å². The van der Waals surface area contributed by atoms with Crippen LogP contribution in [-0.4, -0.2) is 40.7 Å². The van der Waals surface area contributed by atoms with Gasteiger partial charge in [-0.15, -0.1) is 0 Å². The second kappa shape index (κ2) is 6.72. The maximum absolute atomic E-state index is 11.9. The third-order valence-electron chi connectivity index (χ3n) is 2.24. The van der Waals surface area contributed by atoms with Gasteiger partial charge in [0.25, 0.3) is 0 Å². The van der Waals surface area contributed by atoms with Gasteiger partial charge in [-0.05, 0) is 19.1 Å². The number of carbonyl (C=O) groups is 1. The molecule has 14 heavy (non-hydrogen) atoms. The summed E-state index contributed by atoms with van der Waals surface area (Å²) in [6.45, 7) is 6.17. The SMILES string of the molecule is CSCC(C)N(C)C(=O)C(Br)C(C)C. The van der Waals surface area contributed by atoms with Crippen LogP contribution in [0.1, 0.15) is 20.8 Å². The van der Waals surface area contributed by atoms with Crippen molar-refractivity contribution in [3.63, 3.8) is 0 Å². The fourth-order valence-electron chi connectivity index (χ4n) is 1.05. The molecule has 0 fully saturated rings. The molecule has 0 aliphatic carbocycles. The van der Waals surface area contributed by atoms with Crippen molar-refractivity contribution in [3.05, 3.63) is 0 Å². The average Bonchev–Trinajstić information content (AvgIpc) is 2.14. The highest BCUT2D eigenvalue weighted by Gasteiger charge is 2.24. The first-order chi connectivity index (χ1) is 6.41. The number of thioether (sulfide) groups is 1. The molecule has 0 radical (unpaired) electrons. The zero-order valence-electron chi connectivity index (χ0n) is 9.58. The minimum atomic E-state index is -0.0585. The van der Waals surface area contributed by atoms with Crippen LogP contribution >= 0.6 is 27.7 Å². The maximum Gasteiger partial charge on any atom is 0.236 e. The van der Waals surface area contributed by atoms with Crippen LogP contribution in [0.3, 0.4) is 0 Å². The highest BCUT2D eigenvalue weighted by Crippen LogP contribution is 2.16. The van der Waals surface area contributed by atoms with E-state index in [1.165, 1.54) is 0 Å². The fourth-order valence-corrected chi connectivity index (χ4v) is 2.08. The Bertz CT molecular complexity index is 187. The summed E-state index contributed by atoms with van der Waals surface area (Å²) in [6, 6.07) is 0.302. The molecule has 1 amide bonds. The third kappa shape index (κ3) is 4.22. The quantitative estimate of drug-likeness (QED) is 0.722. The van der Waals surface area contributed by atoms with Gasteiger partial charge in [0.05, 0.1) is 4.83 Å². The lowest BCUT2D eigenvalue weighted by Gasteiger charge is -2.27. The molecule has 0 N–H and O–H groups in total. The Balaban J connectivity index is 4.23. The maximum atomic E-state index is 11.9. The Morgan fingerprint density at radius 2 is 1.93 bits per heavy atom. The van der Waals surface area contributed by atoms with Crippen LogP contribution in [-0.2, 0) is 4.79 Å². The lowest BCUT2D eigenvalue weighted by Crippen LogP contribution is -2.42. The molecule has 0 saturated heterocycles. The highest BCUT2D eigenvalue weighted by atomic mass is 79.9. The van der Waals surface area contributed by atoms with Crippen molar-refractivity contribution < 1.29 is 4.79 Å². The molecule has 2 nitrogen and oxygen atoms in total. The zero-order chi connectivity index (χ0) is 11.3. The van der Waals surface area contributed by atoms with Crippen molar-refractivity contribution in [1.29, 1.82) is 0 Å². The molecule has 0 spiro atoms. The Labute approximate surface area is 99.9 Å². The topological polar surface area (TPSA) is 20.3 Å². The first kappa shape index (κ1) is 14.3. The Morgan fingerprint density at radius 3 is 2.29 bits per heavy atom. The lowest BCUT2D eigenvalue weighted by molar-refractivity contribution is -0.131. The van der Waals surface area contributed by atoms with Crippen molar-refractivity contribution in [2.24, 2.45) is 5.92 Å². The van der Waals surface area contributed by atoms with Crippen molar-refractivity contribution in [1.82, 2.24) is 4.90 Å². The highest BCUT2D eigenvalue weighted by molar-refractivity contribution is 9.10. The van der Waals surface area contributed by atoms with E-state index in [1.807, 2.05) is 25.8 Å². The summed E-state index contributed by atoms with van der Waals surface area (Å²) in [6.07, 6.45) is 2.06. The van der Waals surface area contributed by atoms with Gasteiger partial charge in [-0.2, -0.15) is 11.8 Å². The summed E-state index contributed by atoms with van der Waals surface area (Å²) in [4.78, 5) is 13.6. The summed E-state index contributed by atoms with van der Waals surface area (Å²) in [5, 5.41) is 0. The van der Waals surface area contributed by atoms with E-state index < -0.39 is 0 Å². The van der Waals surface area contributed by atoms with Gasteiger partial charge in [0.2, 0.25) is 5.91 Å². The summed E-state index contributed by atoms with van der Waals surface area (Å²) in [5.41, 5.74) is 0. The minimum Gasteiger partial charge on any atom is -0.341 e. The van der Waals surface area contributed by atoms with Crippen molar-refractivity contribution in [3.8, 4) is 0 Å². The van der Waals surface area contributed by atoms with Crippen molar-refractivity contribution in [2.45, 2.75) is 31.6 Å². The standard InChI is InChI=1S/C10H20BrNOS/c1-7(2)9(11)10(13)12(4)8(3)6-14-5/h7-9H,6H2,1-5H3. The smallest absolute Gasteiger partial charge is 0.236 e. The Morgan fingerprint density at radius 1 is 1.43 bits per heavy atom. The van der Waals surface area contributed by atoms with E-state index in [4.69, 9.17) is 0 Å². The summed E-state index contributed by atoms with van der Waals surface area (Å²) >= 11 is 5.20. The van der Waals surface area contributed by atoms with Crippen molar-refractivity contribution in [2.75, 3.05) is 19.1 Å². The molecule has 84 valence electrons. The van der Waals surface area contributed by atoms with Gasteiger partial charge < -0.3 is 4.90 Å². The molecule has 2 unspecified atom stereocenters. The van der Waals surface area contributed by atoms with Crippen LogP contribution in [0.4, 0.5) is 0 Å². The Hall–Kier alpha value is 0.300. The molecule has 0 bridgehead atoms. The molecule has 2 atom stereocenters. The molecular formula is C10H20BrNOS. The van der Waals surface area contributed by atoms with E-state index in [1.54, 1.807) is 11.8 Å². The Kier molecular flexibility index (Phi) is 6.87. The van der Waals surface area contributed by atoms with Crippen LogP contribution in [0.15, 0.2) is 0 Å². The number of carbonyl (C=O) groups excluding carboxylic acids is 1. The second-order valence-electron chi connectivity index (χ2n) is 3.90. The van der Waals surface area contributed by atoms with Gasteiger partial charge in [0.15, 0.2) is 0 Å². The molecule has 0 aliphatic rings. The van der Waals surface area contributed by atoms with Gasteiger partial charge in [0.1, 0.15) is 0 Å². The number of hydrogen-bond donors (Lipinski definition) is 0. The van der Waals surface area contributed by atoms with Gasteiger partial charge in [-0.3, -0.25) is 4.79 Å². The third-order valence-corrected chi connectivity index (χ3v) is 4.50. The first-order valence-electron chi connectivity index (χ1n) is 4.81. The average molecular weight is 282 g/mol. The van der Waals surface area contributed by atoms with E-state index in [9.17, 15) is 4.79 Å². The van der Waals surface area contributed by atoms with Crippen LogP contribution in [0, 0.1) is 5.92 Å². The number of rotatable bonds is 5. The van der Waals surface area contributed by atoms with E-state index in [0.29, 0.717) is 12.0 Å². The summed E-state index contributed by atoms with van der Waals surface area (Å²) in [5.74, 6) is 1.51. The predicted octanol–water partition coefficient (Wildman–Crippen LogP) is 2.62. The molecule has 0 heterocycles. The van der Waals surface area contributed by atoms with Crippen LogP contribution in [0.5, 0.6) is 0 Å². The number of amides is 1. The molecule has 0 aliphatic heterocycles. The van der Waals surface area contributed by atoms with Crippen LogP contribution in [0.2, 0.25) is 0 Å². The predicted molar refractivity (Wildman–Crippen MR) is 68.2 cm³/mol. The molecule has 0 aromatic heterocycles. The van der Waals surface area contributed by atoms with Crippen molar-refractivity contribution >= 4 is 33.6 Å². The van der Waals surface area contributed by atoms with Gasteiger partial charge in [0, 0.05) is 18.8 Å². The first-order valence-corrected chi connectivity index (χ1v) is 7.12. The zero-order valence-corrected chi connectivity index (χ0v) is 12.0. The monoisotopic (exact) mass is 281 g/mol. The summed E-state index contributed by atoms with van der Waals surface area (Å²) < 4.78 is 0. The normalized spacial score (nSPS) is 15.4. The van der Waals surface area contributed by atoms with E-state index in [0.717, 1.165) is 5.75 Å². The van der Waals surface area contributed by atoms with Gasteiger partial charge in [-0.1, -0.05) is 29.8 Å². The number of halogens is 1. The van der Waals surface area contributed by atoms with Gasteiger partial charge >= 0.3 is 0 Å². The van der Waals surface area contributed by atoms with E-state index in [-0.39, 0.29) is 10.7 Å². The second-order valence-corrected chi connectivity index (χ2v) is 5.80.